The summed E-state index contributed by atoms with van der Waals surface area (Å²) in [6.45, 7) is 3.21. The molecule has 0 aliphatic carbocycles. The van der Waals surface area contributed by atoms with Gasteiger partial charge in [-0.1, -0.05) is 0 Å². The van der Waals surface area contributed by atoms with Crippen LogP contribution in [-0.4, -0.2) is 72.4 Å². The summed E-state index contributed by atoms with van der Waals surface area (Å²) in [4.78, 5) is 19.5. The second-order valence-corrected chi connectivity index (χ2v) is 8.36. The number of hydrogen-bond acceptors (Lipinski definition) is 7. The molecule has 1 aromatic carbocycles. The molecule has 0 N–H and O–H groups in total. The molecule has 174 valence electrons. The summed E-state index contributed by atoms with van der Waals surface area (Å²) >= 11 is 0. The van der Waals surface area contributed by atoms with Crippen molar-refractivity contribution in [2.45, 2.75) is 25.7 Å². The molecule has 33 heavy (non-hydrogen) atoms. The Morgan fingerprint density at radius 3 is 2.61 bits per heavy atom. The van der Waals surface area contributed by atoms with Gasteiger partial charge < -0.3 is 23.8 Å². The van der Waals surface area contributed by atoms with Crippen molar-refractivity contribution >= 4 is 16.9 Å². The number of benzene rings is 1. The van der Waals surface area contributed by atoms with E-state index in [1.165, 1.54) is 0 Å². The number of pyridine rings is 1. The molecule has 4 heterocycles. The van der Waals surface area contributed by atoms with E-state index in [9.17, 15) is 4.79 Å². The van der Waals surface area contributed by atoms with Crippen LogP contribution in [0.3, 0.4) is 0 Å². The van der Waals surface area contributed by atoms with Crippen LogP contribution in [0, 0.1) is 5.92 Å². The van der Waals surface area contributed by atoms with Gasteiger partial charge >= 0.3 is 0 Å². The van der Waals surface area contributed by atoms with Crippen LogP contribution in [0.5, 0.6) is 11.5 Å². The van der Waals surface area contributed by atoms with E-state index in [2.05, 4.69) is 10.1 Å². The number of carbonyl (C=O) groups excluding carboxylic acids is 1. The topological polar surface area (TPSA) is 87.9 Å². The second-order valence-electron chi connectivity index (χ2n) is 8.36. The summed E-state index contributed by atoms with van der Waals surface area (Å²) < 4.78 is 23.8. The minimum absolute atomic E-state index is 0.000632. The van der Waals surface area contributed by atoms with Crippen molar-refractivity contribution in [1.82, 2.24) is 19.7 Å². The van der Waals surface area contributed by atoms with E-state index in [-0.39, 0.29) is 12.2 Å². The molecule has 2 aromatic heterocycles. The minimum Gasteiger partial charge on any atom is -0.497 e. The second kappa shape index (κ2) is 9.36. The van der Waals surface area contributed by atoms with Crippen molar-refractivity contribution < 1.29 is 23.7 Å². The number of ether oxygens (including phenoxy) is 4. The van der Waals surface area contributed by atoms with E-state index in [1.54, 1.807) is 31.3 Å². The Balaban J connectivity index is 1.29. The highest BCUT2D eigenvalue weighted by Gasteiger charge is 2.32. The van der Waals surface area contributed by atoms with Crippen molar-refractivity contribution in [2.24, 2.45) is 5.92 Å². The fraction of sp³-hybridized carbons (Fsp3) is 0.458. The predicted molar refractivity (Wildman–Crippen MR) is 120 cm³/mol. The zero-order chi connectivity index (χ0) is 22.8. The van der Waals surface area contributed by atoms with Gasteiger partial charge in [-0.2, -0.15) is 5.10 Å². The van der Waals surface area contributed by atoms with Gasteiger partial charge in [-0.05, 0) is 31.0 Å². The highest BCUT2D eigenvalue weighted by molar-refractivity contribution is 5.96. The third-order valence-electron chi connectivity index (χ3n) is 6.40. The largest absolute Gasteiger partial charge is 0.497 e. The highest BCUT2D eigenvalue weighted by atomic mass is 16.7. The first-order valence-corrected chi connectivity index (χ1v) is 11.2. The number of aromatic nitrogens is 3. The number of likely N-dealkylation sites (tertiary alicyclic amines) is 1. The molecule has 2 aliphatic rings. The van der Waals surface area contributed by atoms with Crippen molar-refractivity contribution in [3.63, 3.8) is 0 Å². The monoisotopic (exact) mass is 452 g/mol. The van der Waals surface area contributed by atoms with E-state index < -0.39 is 0 Å². The summed E-state index contributed by atoms with van der Waals surface area (Å²) in [7, 11) is 3.26. The molecule has 1 amide bonds. The molecular weight excluding hydrogens is 424 g/mol. The third kappa shape index (κ3) is 4.38. The molecule has 3 aromatic rings. The van der Waals surface area contributed by atoms with Gasteiger partial charge in [0.25, 0.3) is 5.91 Å². The summed E-state index contributed by atoms with van der Waals surface area (Å²) in [5, 5.41) is 5.32. The van der Waals surface area contributed by atoms with Crippen molar-refractivity contribution in [1.29, 1.82) is 0 Å². The number of methoxy groups -OCH3 is 2. The molecule has 2 saturated heterocycles. The molecule has 0 saturated carbocycles. The maximum Gasteiger partial charge on any atom is 0.255 e. The van der Waals surface area contributed by atoms with E-state index in [1.807, 2.05) is 29.2 Å². The van der Waals surface area contributed by atoms with Crippen LogP contribution in [0.1, 0.15) is 28.8 Å². The lowest BCUT2D eigenvalue weighted by atomic mass is 9.95. The molecule has 9 heteroatoms. The van der Waals surface area contributed by atoms with E-state index in [4.69, 9.17) is 18.9 Å². The molecule has 0 bridgehead atoms. The van der Waals surface area contributed by atoms with Gasteiger partial charge in [0.15, 0.2) is 11.9 Å². The zero-order valence-electron chi connectivity index (χ0n) is 18.9. The number of rotatable bonds is 6. The Morgan fingerprint density at radius 1 is 1.09 bits per heavy atom. The Hall–Kier alpha value is -3.17. The summed E-state index contributed by atoms with van der Waals surface area (Å²) in [5.41, 5.74) is 2.26. The van der Waals surface area contributed by atoms with Crippen LogP contribution < -0.4 is 9.47 Å². The van der Waals surface area contributed by atoms with Crippen LogP contribution in [0.4, 0.5) is 0 Å². The lowest BCUT2D eigenvalue weighted by Crippen LogP contribution is -2.41. The number of piperidine rings is 1. The van der Waals surface area contributed by atoms with Gasteiger partial charge in [0.05, 0.1) is 45.7 Å². The predicted octanol–water partition coefficient (Wildman–Crippen LogP) is 2.72. The quantitative estimate of drug-likeness (QED) is 0.568. The molecular formula is C24H28N4O5. The first-order valence-electron chi connectivity index (χ1n) is 11.2. The first-order chi connectivity index (χ1) is 16.2. The molecule has 0 radical (unpaired) electrons. The third-order valence-corrected chi connectivity index (χ3v) is 6.40. The molecule has 0 unspecified atom stereocenters. The van der Waals surface area contributed by atoms with E-state index >= 15 is 0 Å². The molecule has 5 rings (SSSR count). The molecule has 0 spiro atoms. The minimum atomic E-state index is -0.115. The Labute approximate surface area is 192 Å². The fourth-order valence-corrected chi connectivity index (χ4v) is 4.55. The summed E-state index contributed by atoms with van der Waals surface area (Å²) in [5.74, 6) is 1.81. The van der Waals surface area contributed by atoms with Gasteiger partial charge in [-0.25, -0.2) is 9.67 Å². The van der Waals surface area contributed by atoms with E-state index in [0.29, 0.717) is 44.3 Å². The van der Waals surface area contributed by atoms with Gasteiger partial charge in [-0.15, -0.1) is 0 Å². The number of carbonyl (C=O) groups is 1. The number of hydrogen-bond donors (Lipinski definition) is 0. The van der Waals surface area contributed by atoms with Gasteiger partial charge in [0.1, 0.15) is 11.5 Å². The standard InChI is InChI=1S/C24H28N4O5/c1-30-20-4-3-17(21(12-20)31-2)15-28-22-18(14-26-28)11-19(13-25-22)23(29)27-7-5-16(6-8-27)24-32-9-10-33-24/h3-4,11-14,16,24H,5-10,15H2,1-2H3. The molecule has 9 nitrogen and oxygen atoms in total. The summed E-state index contributed by atoms with van der Waals surface area (Å²) in [6, 6.07) is 7.56. The van der Waals surface area contributed by atoms with Crippen molar-refractivity contribution in [3.8, 4) is 11.5 Å². The molecule has 0 atom stereocenters. The number of amides is 1. The average Bonchev–Trinajstić information content (AvgIpc) is 3.54. The van der Waals surface area contributed by atoms with Crippen LogP contribution in [0.25, 0.3) is 11.0 Å². The van der Waals surface area contributed by atoms with Crippen molar-refractivity contribution in [2.75, 3.05) is 40.5 Å². The van der Waals surface area contributed by atoms with Crippen molar-refractivity contribution in [3.05, 3.63) is 47.8 Å². The van der Waals surface area contributed by atoms with E-state index in [0.717, 1.165) is 40.9 Å². The Kier molecular flexibility index (Phi) is 6.15. The number of nitrogens with zero attached hydrogens (tertiary/aromatic N) is 4. The lowest BCUT2D eigenvalue weighted by Gasteiger charge is -2.33. The van der Waals surface area contributed by atoms with Crippen LogP contribution in [-0.2, 0) is 16.0 Å². The number of fused-ring (bicyclic) bond motifs is 1. The van der Waals surface area contributed by atoms with Gasteiger partial charge in [-0.3, -0.25) is 4.79 Å². The molecule has 2 fully saturated rings. The first kappa shape index (κ1) is 21.7. The van der Waals surface area contributed by atoms with Crippen LogP contribution in [0.2, 0.25) is 0 Å². The highest BCUT2D eigenvalue weighted by Crippen LogP contribution is 2.28. The Morgan fingerprint density at radius 2 is 1.88 bits per heavy atom. The Bertz CT molecular complexity index is 1130. The summed E-state index contributed by atoms with van der Waals surface area (Å²) in [6.07, 6.45) is 5.04. The average molecular weight is 453 g/mol. The fourth-order valence-electron chi connectivity index (χ4n) is 4.55. The zero-order valence-corrected chi connectivity index (χ0v) is 18.9. The van der Waals surface area contributed by atoms with Crippen LogP contribution in [0.15, 0.2) is 36.7 Å². The van der Waals surface area contributed by atoms with Crippen LogP contribution >= 0.6 is 0 Å². The van der Waals surface area contributed by atoms with Gasteiger partial charge in [0.2, 0.25) is 0 Å². The maximum absolute atomic E-state index is 13.1. The molecule has 2 aliphatic heterocycles. The lowest BCUT2D eigenvalue weighted by molar-refractivity contribution is -0.0956. The van der Waals surface area contributed by atoms with Gasteiger partial charge in [0, 0.05) is 42.2 Å². The normalized spacial score (nSPS) is 17.6. The SMILES string of the molecule is COc1ccc(Cn2ncc3cc(C(=O)N4CCC(C5OCCO5)CC4)cnc32)c(OC)c1. The maximum atomic E-state index is 13.1. The smallest absolute Gasteiger partial charge is 0.255 e.